The maximum absolute atomic E-state index is 13.2. The van der Waals surface area contributed by atoms with E-state index in [4.69, 9.17) is 9.47 Å². The summed E-state index contributed by atoms with van der Waals surface area (Å²) in [4.78, 5) is 29.6. The van der Waals surface area contributed by atoms with E-state index in [1.165, 1.54) is 0 Å². The predicted molar refractivity (Wildman–Crippen MR) is 116 cm³/mol. The third-order valence-corrected chi connectivity index (χ3v) is 5.63. The zero-order chi connectivity index (χ0) is 21.5. The molecule has 1 saturated heterocycles. The van der Waals surface area contributed by atoms with Crippen LogP contribution in [0.1, 0.15) is 18.9 Å². The Labute approximate surface area is 178 Å². The summed E-state index contributed by atoms with van der Waals surface area (Å²) in [5.41, 5.74) is 3.01. The molecule has 6 heteroatoms. The van der Waals surface area contributed by atoms with Crippen molar-refractivity contribution in [3.05, 3.63) is 54.1 Å². The number of carbonyl (C=O) groups excluding carboxylic acids is 2. The summed E-state index contributed by atoms with van der Waals surface area (Å²) in [5.74, 6) is 0.744. The minimum Gasteiger partial charge on any atom is -0.496 e. The number of likely N-dealkylation sites (N-methyl/N-ethyl adjacent to an activating group) is 1. The third-order valence-electron chi connectivity index (χ3n) is 5.63. The number of amides is 2. The second kappa shape index (κ2) is 10.3. The summed E-state index contributed by atoms with van der Waals surface area (Å²) in [5, 5.41) is 0. The molecule has 0 saturated carbocycles. The van der Waals surface area contributed by atoms with Gasteiger partial charge in [-0.2, -0.15) is 0 Å². The number of piperazine rings is 1. The fourth-order valence-electron chi connectivity index (χ4n) is 4.02. The molecule has 2 amide bonds. The molecule has 1 atom stereocenters. The van der Waals surface area contributed by atoms with E-state index in [1.807, 2.05) is 60.4 Å². The van der Waals surface area contributed by atoms with Gasteiger partial charge in [-0.1, -0.05) is 42.5 Å². The molecule has 30 heavy (non-hydrogen) atoms. The van der Waals surface area contributed by atoms with Crippen molar-refractivity contribution in [1.29, 1.82) is 0 Å². The molecule has 0 aromatic heterocycles. The van der Waals surface area contributed by atoms with Crippen molar-refractivity contribution in [2.45, 2.75) is 25.8 Å². The van der Waals surface area contributed by atoms with Crippen molar-refractivity contribution < 1.29 is 19.1 Å². The van der Waals surface area contributed by atoms with Crippen LogP contribution in [-0.2, 0) is 20.7 Å². The smallest absolute Gasteiger partial charge is 0.245 e. The Kier molecular flexibility index (Phi) is 7.46. The monoisotopic (exact) mass is 410 g/mol. The van der Waals surface area contributed by atoms with E-state index in [0.29, 0.717) is 32.7 Å². The Hall–Kier alpha value is -2.86. The van der Waals surface area contributed by atoms with Gasteiger partial charge in [-0.15, -0.1) is 0 Å². The standard InChI is InChI=1S/C24H30N2O4/c1-4-25-14-15-26(23(27)13-16-29-2)21(24(25)28)17-18-9-5-6-10-19(18)20-11-7-8-12-22(20)30-3/h5-12,21H,4,13-17H2,1-3H3. The molecule has 1 unspecified atom stereocenters. The molecule has 0 radical (unpaired) electrons. The first kappa shape index (κ1) is 21.8. The van der Waals surface area contributed by atoms with Crippen LogP contribution in [0.5, 0.6) is 5.75 Å². The molecule has 1 fully saturated rings. The molecule has 160 valence electrons. The Morgan fingerprint density at radius 3 is 2.43 bits per heavy atom. The highest BCUT2D eigenvalue weighted by atomic mass is 16.5. The second-order valence-electron chi connectivity index (χ2n) is 7.33. The van der Waals surface area contributed by atoms with Crippen LogP contribution in [-0.4, -0.2) is 68.1 Å². The number of hydrogen-bond donors (Lipinski definition) is 0. The Morgan fingerprint density at radius 2 is 1.73 bits per heavy atom. The van der Waals surface area contributed by atoms with Crippen LogP contribution in [0, 0.1) is 0 Å². The molecule has 0 N–H and O–H groups in total. The van der Waals surface area contributed by atoms with E-state index in [2.05, 4.69) is 0 Å². The first-order valence-electron chi connectivity index (χ1n) is 10.4. The molecule has 1 aliphatic heterocycles. The molecule has 0 aliphatic carbocycles. The fraction of sp³-hybridized carbons (Fsp3) is 0.417. The first-order valence-corrected chi connectivity index (χ1v) is 10.4. The lowest BCUT2D eigenvalue weighted by molar-refractivity contribution is -0.151. The van der Waals surface area contributed by atoms with E-state index >= 15 is 0 Å². The maximum atomic E-state index is 13.2. The zero-order valence-corrected chi connectivity index (χ0v) is 18.0. The van der Waals surface area contributed by atoms with Crippen LogP contribution in [0.4, 0.5) is 0 Å². The molecule has 3 rings (SSSR count). The number of para-hydroxylation sites is 1. The van der Waals surface area contributed by atoms with Crippen molar-refractivity contribution in [2.24, 2.45) is 0 Å². The molecule has 0 bridgehead atoms. The van der Waals surface area contributed by atoms with Gasteiger partial charge >= 0.3 is 0 Å². The van der Waals surface area contributed by atoms with Gasteiger partial charge in [0.2, 0.25) is 11.8 Å². The minimum atomic E-state index is -0.515. The SMILES string of the molecule is CCN1CCN(C(=O)CCOC)C(Cc2ccccc2-c2ccccc2OC)C1=O. The topological polar surface area (TPSA) is 59.1 Å². The van der Waals surface area contributed by atoms with E-state index < -0.39 is 6.04 Å². The first-order chi connectivity index (χ1) is 14.6. The quantitative estimate of drug-likeness (QED) is 0.671. The highest BCUT2D eigenvalue weighted by molar-refractivity contribution is 5.89. The lowest BCUT2D eigenvalue weighted by Gasteiger charge is -2.40. The van der Waals surface area contributed by atoms with Crippen molar-refractivity contribution in [1.82, 2.24) is 9.80 Å². The fourth-order valence-corrected chi connectivity index (χ4v) is 4.02. The van der Waals surface area contributed by atoms with Gasteiger partial charge in [-0.3, -0.25) is 9.59 Å². The lowest BCUT2D eigenvalue weighted by Crippen LogP contribution is -2.59. The van der Waals surface area contributed by atoms with Crippen LogP contribution in [0.25, 0.3) is 11.1 Å². The zero-order valence-electron chi connectivity index (χ0n) is 18.0. The van der Waals surface area contributed by atoms with Crippen molar-refractivity contribution in [3.63, 3.8) is 0 Å². The number of nitrogens with zero attached hydrogens (tertiary/aromatic N) is 2. The highest BCUT2D eigenvalue weighted by Gasteiger charge is 2.37. The van der Waals surface area contributed by atoms with E-state index in [0.717, 1.165) is 22.4 Å². The number of carbonyl (C=O) groups is 2. The van der Waals surface area contributed by atoms with Gasteiger partial charge in [0.05, 0.1) is 20.1 Å². The summed E-state index contributed by atoms with van der Waals surface area (Å²) in [6.07, 6.45) is 0.739. The minimum absolute atomic E-state index is 0.00402. The summed E-state index contributed by atoms with van der Waals surface area (Å²) in [7, 11) is 3.23. The molecule has 0 spiro atoms. The van der Waals surface area contributed by atoms with Crippen LogP contribution in [0.15, 0.2) is 48.5 Å². The normalized spacial score (nSPS) is 16.6. The number of hydrogen-bond acceptors (Lipinski definition) is 4. The Balaban J connectivity index is 1.95. The summed E-state index contributed by atoms with van der Waals surface area (Å²) in [6, 6.07) is 15.3. The molecule has 1 aliphatic rings. The number of benzene rings is 2. The highest BCUT2D eigenvalue weighted by Crippen LogP contribution is 2.33. The number of rotatable bonds is 8. The van der Waals surface area contributed by atoms with Gasteiger partial charge in [-0.25, -0.2) is 0 Å². The van der Waals surface area contributed by atoms with Crippen LogP contribution >= 0.6 is 0 Å². The van der Waals surface area contributed by atoms with Gasteiger partial charge in [0.25, 0.3) is 0 Å². The van der Waals surface area contributed by atoms with E-state index in [9.17, 15) is 9.59 Å². The van der Waals surface area contributed by atoms with Gasteiger partial charge in [0, 0.05) is 38.7 Å². The van der Waals surface area contributed by atoms with Gasteiger partial charge < -0.3 is 19.3 Å². The van der Waals surface area contributed by atoms with Crippen molar-refractivity contribution in [3.8, 4) is 16.9 Å². The molecule has 2 aromatic carbocycles. The lowest BCUT2D eigenvalue weighted by atomic mass is 9.92. The van der Waals surface area contributed by atoms with Crippen molar-refractivity contribution >= 4 is 11.8 Å². The molecule has 6 nitrogen and oxygen atoms in total. The summed E-state index contributed by atoms with van der Waals surface area (Å²) < 4.78 is 10.6. The average Bonchev–Trinajstić information content (AvgIpc) is 2.79. The van der Waals surface area contributed by atoms with Crippen LogP contribution in [0.2, 0.25) is 0 Å². The predicted octanol–water partition coefficient (Wildman–Crippen LogP) is 3.00. The molecular formula is C24H30N2O4. The van der Waals surface area contributed by atoms with Gasteiger partial charge in [0.1, 0.15) is 11.8 Å². The van der Waals surface area contributed by atoms with E-state index in [1.54, 1.807) is 19.1 Å². The second-order valence-corrected chi connectivity index (χ2v) is 7.33. The molecular weight excluding hydrogens is 380 g/mol. The maximum Gasteiger partial charge on any atom is 0.245 e. The van der Waals surface area contributed by atoms with Gasteiger partial charge in [-0.05, 0) is 24.1 Å². The van der Waals surface area contributed by atoms with Crippen LogP contribution in [0.3, 0.4) is 0 Å². The summed E-state index contributed by atoms with van der Waals surface area (Å²) >= 11 is 0. The molecule has 1 heterocycles. The average molecular weight is 411 g/mol. The Morgan fingerprint density at radius 1 is 1.03 bits per heavy atom. The number of ether oxygens (including phenoxy) is 2. The van der Waals surface area contributed by atoms with Crippen molar-refractivity contribution in [2.75, 3.05) is 40.5 Å². The molecule has 2 aromatic rings. The Bertz CT molecular complexity index is 883. The third kappa shape index (κ3) is 4.65. The van der Waals surface area contributed by atoms with E-state index in [-0.39, 0.29) is 18.2 Å². The summed E-state index contributed by atoms with van der Waals surface area (Å²) in [6.45, 7) is 4.08. The van der Waals surface area contributed by atoms with Gasteiger partial charge in [0.15, 0.2) is 0 Å². The number of methoxy groups -OCH3 is 2. The van der Waals surface area contributed by atoms with Crippen LogP contribution < -0.4 is 4.74 Å². The largest absolute Gasteiger partial charge is 0.496 e.